The molecule has 0 saturated heterocycles. The van der Waals surface area contributed by atoms with Crippen LogP contribution in [0.3, 0.4) is 0 Å². The maximum absolute atomic E-state index is 14.7. The number of allylic oxidation sites excluding steroid dienone is 4. The number of benzene rings is 4. The van der Waals surface area contributed by atoms with Crippen LogP contribution in [0.4, 0.5) is 0 Å². The van der Waals surface area contributed by atoms with Gasteiger partial charge in [0.15, 0.2) is 0 Å². The molecule has 13 rings (SSSR count). The van der Waals surface area contributed by atoms with Crippen molar-refractivity contribution in [1.29, 1.82) is 0 Å². The van der Waals surface area contributed by atoms with Gasteiger partial charge in [-0.05, 0) is 167 Å². The number of carbonyl (C=O) groups excluding carboxylic acids is 12. The van der Waals surface area contributed by atoms with Crippen molar-refractivity contribution in [1.82, 2.24) is 9.97 Å². The summed E-state index contributed by atoms with van der Waals surface area (Å²) in [6.07, 6.45) is -2.45. The van der Waals surface area contributed by atoms with Crippen molar-refractivity contribution in [3.8, 4) is 0 Å². The molecule has 4 aromatic carbocycles. The minimum atomic E-state index is -1.29. The van der Waals surface area contributed by atoms with E-state index in [1.165, 1.54) is 134 Å². The minimum Gasteiger partial charge on any atom is -0.656 e. The number of esters is 12. The zero-order chi connectivity index (χ0) is 80.0. The average molecular weight is 1590 g/mol. The molecule has 29 heteroatoms. The molecule has 2 aliphatic heterocycles. The molecule has 6 aromatic rings. The average Bonchev–Trinajstić information content (AvgIpc) is 1.55. The Balaban J connectivity index is 0.0000118. The minimum absolute atomic E-state index is 0. The van der Waals surface area contributed by atoms with Gasteiger partial charge in [-0.1, -0.05) is 70.8 Å². The maximum Gasteiger partial charge on any atom is 2.00 e. The number of nitrogens with zero attached hydrogens (tertiary/aromatic N) is 4. The number of aliphatic imine (C=N–C) groups is 2. The first-order valence-corrected chi connectivity index (χ1v) is 35.6. The molecule has 2 aromatic heterocycles. The fraction of sp³-hybridized carbons (Fsp3) is 0.333. The van der Waals surface area contributed by atoms with Crippen molar-refractivity contribution in [3.05, 3.63) is 220 Å². The molecule has 113 heavy (non-hydrogen) atoms. The summed E-state index contributed by atoms with van der Waals surface area (Å²) >= 11 is 0. The van der Waals surface area contributed by atoms with Crippen LogP contribution in [-0.2, 0) is 138 Å². The Hall–Kier alpha value is -12.4. The second kappa shape index (κ2) is 32.9. The van der Waals surface area contributed by atoms with Crippen molar-refractivity contribution >= 4 is 105 Å². The van der Waals surface area contributed by atoms with Crippen molar-refractivity contribution in [2.24, 2.45) is 57.3 Å². The fourth-order valence-electron chi connectivity index (χ4n) is 16.7. The number of ether oxygens (including phenoxy) is 12. The van der Waals surface area contributed by atoms with E-state index in [1.54, 1.807) is 48.5 Å². The van der Waals surface area contributed by atoms with Crippen molar-refractivity contribution in [2.75, 3.05) is 85.3 Å². The molecule has 0 spiro atoms. The summed E-state index contributed by atoms with van der Waals surface area (Å²) in [6.45, 7) is 0. The fourth-order valence-corrected chi connectivity index (χ4v) is 16.7. The first-order valence-electron chi connectivity index (χ1n) is 35.6. The Labute approximate surface area is 657 Å². The van der Waals surface area contributed by atoms with Crippen LogP contribution in [0.2, 0.25) is 0 Å². The zero-order valence-corrected chi connectivity index (χ0v) is 64.3. The molecule has 7 aliphatic rings. The van der Waals surface area contributed by atoms with Crippen molar-refractivity contribution < 1.29 is 131 Å². The van der Waals surface area contributed by atoms with Gasteiger partial charge < -0.3 is 66.8 Å². The molecule has 8 unspecified atom stereocenters. The second-order valence-corrected chi connectivity index (χ2v) is 27.5. The molecule has 5 aliphatic carbocycles. The molecule has 587 valence electrons. The van der Waals surface area contributed by atoms with E-state index in [1.807, 2.05) is 0 Å². The Morgan fingerprint density at radius 2 is 0.478 bits per heavy atom. The SMILES string of the molecule is COC(=O)c1ccc(C2=C3N=C(C4=C3CC(C(=O)OC)C(C(=O)OC)C4)C(c3ccc(C(=O)OC)cc3)=c3[n-]c(c4c3CC(C(=O)OC)C(C(=O)OC)C4)=C(c3ccc(C(=O)OC)cc3)C3=NC(=C(c4ccc(C(=O)OC)cc4)c4[n-]c2c2c4CC(C(=O)OC)C(C(=O)OC)C2)C2=C3CC(C(=O)OC)C(C(=O)OC)C2)cc1.[Cu+2]. The van der Waals surface area contributed by atoms with Crippen molar-refractivity contribution in [2.45, 2.75) is 51.4 Å². The third-order valence-electron chi connectivity index (χ3n) is 22.3. The predicted molar refractivity (Wildman–Crippen MR) is 393 cm³/mol. The first kappa shape index (κ1) is 80.2. The second-order valence-electron chi connectivity index (χ2n) is 27.5. The third-order valence-corrected chi connectivity index (χ3v) is 22.3. The van der Waals surface area contributed by atoms with Crippen LogP contribution >= 0.6 is 0 Å². The van der Waals surface area contributed by atoms with E-state index in [0.29, 0.717) is 66.8 Å². The van der Waals surface area contributed by atoms with Gasteiger partial charge in [-0.15, -0.1) is 22.1 Å². The van der Waals surface area contributed by atoms with Crippen LogP contribution in [0, 0.1) is 47.3 Å². The summed E-state index contributed by atoms with van der Waals surface area (Å²) < 4.78 is 65.1. The van der Waals surface area contributed by atoms with Crippen LogP contribution in [0.15, 0.2) is 141 Å². The number of hydrogen-bond acceptors (Lipinski definition) is 26. The Kier molecular flexibility index (Phi) is 23.3. The van der Waals surface area contributed by atoms with E-state index in [4.69, 9.17) is 76.8 Å². The van der Waals surface area contributed by atoms with Gasteiger partial charge in [0.2, 0.25) is 0 Å². The number of rotatable bonds is 16. The Morgan fingerprint density at radius 1 is 0.265 bits per heavy atom. The van der Waals surface area contributed by atoms with Gasteiger partial charge in [-0.25, -0.2) is 29.2 Å². The molecular formula is C84H76CuN4O24. The summed E-state index contributed by atoms with van der Waals surface area (Å²) in [4.78, 5) is 195. The monoisotopic (exact) mass is 1590 g/mol. The third kappa shape index (κ3) is 14.1. The molecule has 0 saturated carbocycles. The van der Waals surface area contributed by atoms with E-state index in [2.05, 4.69) is 0 Å². The normalized spacial score (nSPS) is 20.6. The van der Waals surface area contributed by atoms with Crippen LogP contribution in [-0.4, -0.2) is 168 Å². The largest absolute Gasteiger partial charge is 2.00 e. The van der Waals surface area contributed by atoms with E-state index in [9.17, 15) is 57.5 Å². The number of carbonyl (C=O) groups is 12. The molecular weight excluding hydrogens is 1510 g/mol. The van der Waals surface area contributed by atoms with E-state index in [0.717, 1.165) is 0 Å². The van der Waals surface area contributed by atoms with Gasteiger partial charge in [0.25, 0.3) is 0 Å². The smallest absolute Gasteiger partial charge is 0.656 e. The van der Waals surface area contributed by atoms with Gasteiger partial charge in [-0.3, -0.25) is 38.4 Å². The number of methoxy groups -OCH3 is 12. The van der Waals surface area contributed by atoms with Gasteiger partial charge in [0.1, 0.15) is 0 Å². The molecule has 0 fully saturated rings. The molecule has 8 atom stereocenters. The van der Waals surface area contributed by atoms with E-state index >= 15 is 0 Å². The zero-order valence-electron chi connectivity index (χ0n) is 63.4. The van der Waals surface area contributed by atoms with Gasteiger partial charge >= 0.3 is 88.7 Å². The summed E-state index contributed by atoms with van der Waals surface area (Å²) in [5, 5.41) is 0.198. The van der Waals surface area contributed by atoms with E-state index < -0.39 is 119 Å². The van der Waals surface area contributed by atoms with Crippen molar-refractivity contribution in [3.63, 3.8) is 0 Å². The maximum atomic E-state index is 14.7. The summed E-state index contributed by atoms with van der Waals surface area (Å²) in [5.74, 6) is -19.6. The van der Waals surface area contributed by atoms with Crippen LogP contribution < -0.4 is 20.7 Å². The number of hydrogen-bond donors (Lipinski definition) is 0. The Morgan fingerprint density at radius 3 is 0.708 bits per heavy atom. The van der Waals surface area contributed by atoms with Crippen LogP contribution in [0.5, 0.6) is 0 Å². The molecule has 0 amide bonds. The molecule has 4 heterocycles. The molecule has 8 bridgehead atoms. The van der Waals surface area contributed by atoms with Gasteiger partial charge in [0.05, 0.1) is 178 Å². The van der Waals surface area contributed by atoms with Crippen LogP contribution in [0.25, 0.3) is 22.3 Å². The standard InChI is InChI=1S/C84H77N4O24.Cu/c1-101-73(89)41-21-13-37(14-22-41)61-65-45-29-53(77(93)105-5)55(79(95)107-7)31-47(45)67(85-65)62(38-15-23-42(24-16-38)74(90)102-2)69-49-33-57(81(97)109-9)59(83(99)111-11)35-51(49)71(87-69)64(40-19-27-44(28-20-40)76(92)104-4)72-52-36-60(84(100)112-12)58(82(98)110-10)34-50(52)70(88-72)63(39-17-25-43(26-18-39)75(91)103-3)68-48-32-56(80(96)108-8)54(78(94)106-6)30-46(48)66(61)86-68;/h13-28,53-60H,29-36H2,1-12H3,(H-,85,86,87,88,89,90,91,92);/q-1;+2/p-1. The molecule has 1 radical (unpaired) electrons. The summed E-state index contributed by atoms with van der Waals surface area (Å²) in [7, 11) is 14.3. The number of aromatic nitrogens is 2. The molecule has 28 nitrogen and oxygen atoms in total. The van der Waals surface area contributed by atoms with Crippen LogP contribution in [0.1, 0.15) is 123 Å². The topological polar surface area (TPSA) is 369 Å². The summed E-state index contributed by atoms with van der Waals surface area (Å²) in [5.41, 5.74) is 5.59. The van der Waals surface area contributed by atoms with Gasteiger partial charge in [0, 0.05) is 0 Å². The molecule has 0 N–H and O–H groups in total. The van der Waals surface area contributed by atoms with Gasteiger partial charge in [-0.2, -0.15) is 0 Å². The first-order chi connectivity index (χ1) is 54.0. The summed E-state index contributed by atoms with van der Waals surface area (Å²) in [6, 6.07) is 25.0. The predicted octanol–water partition coefficient (Wildman–Crippen LogP) is 5.98. The van der Waals surface area contributed by atoms with E-state index in [-0.39, 0.29) is 158 Å². The quantitative estimate of drug-likeness (QED) is 0.0611. The Bertz CT molecular complexity index is 5050.